The van der Waals surface area contributed by atoms with Crippen LogP contribution < -0.4 is 9.64 Å². The molecule has 0 aliphatic carbocycles. The third-order valence-electron chi connectivity index (χ3n) is 7.70. The van der Waals surface area contributed by atoms with E-state index in [2.05, 4.69) is 94.4 Å². The summed E-state index contributed by atoms with van der Waals surface area (Å²) in [5.41, 5.74) is 7.68. The number of likely N-dealkylation sites (N-methyl/N-ethyl adjacent to an activating group) is 3. The number of methoxy groups -OCH3 is 1. The number of H-pyrrole nitrogens is 1. The summed E-state index contributed by atoms with van der Waals surface area (Å²) in [4.78, 5) is 15.7. The lowest BCUT2D eigenvalue weighted by molar-refractivity contribution is 0.131. The number of hydrogen-bond acceptors (Lipinski definition) is 6. The largest absolute Gasteiger partial charge is 0.496 e. The SMILES string of the molecule is COc1ccccc1-c1c[nH]c2c1C=C(C1=CN(C)CC(CN3CCN(CCN(C)C)CC3)=C1)CN2C. The fraction of sp³-hybridized carbons (Fsp3) is 0.467. The number of para-hydroxylation sites is 1. The first kappa shape index (κ1) is 25.6. The summed E-state index contributed by atoms with van der Waals surface area (Å²) < 4.78 is 5.68. The Bertz CT molecular complexity index is 1180. The van der Waals surface area contributed by atoms with Gasteiger partial charge in [0.2, 0.25) is 0 Å². The molecule has 3 aliphatic rings. The van der Waals surface area contributed by atoms with Crippen molar-refractivity contribution in [1.82, 2.24) is 24.6 Å². The minimum absolute atomic E-state index is 0.882. The number of allylic oxidation sites excluding steroid dienone is 1. The average Bonchev–Trinajstić information content (AvgIpc) is 3.32. The number of nitrogens with zero attached hydrogens (tertiary/aromatic N) is 5. The number of aromatic nitrogens is 1. The van der Waals surface area contributed by atoms with Crippen LogP contribution in [0.2, 0.25) is 0 Å². The van der Waals surface area contributed by atoms with Crippen LogP contribution in [0, 0.1) is 0 Å². The van der Waals surface area contributed by atoms with E-state index in [1.54, 1.807) is 7.11 Å². The maximum Gasteiger partial charge on any atom is 0.126 e. The van der Waals surface area contributed by atoms with Crippen LogP contribution in [0.4, 0.5) is 5.82 Å². The van der Waals surface area contributed by atoms with Crippen LogP contribution >= 0.6 is 0 Å². The smallest absolute Gasteiger partial charge is 0.126 e. The molecule has 37 heavy (non-hydrogen) atoms. The summed E-state index contributed by atoms with van der Waals surface area (Å²) in [6, 6.07) is 8.26. The summed E-state index contributed by atoms with van der Waals surface area (Å²) in [7, 11) is 10.4. The number of anilines is 1. The second kappa shape index (κ2) is 11.2. The Kier molecular flexibility index (Phi) is 7.74. The monoisotopic (exact) mass is 502 g/mol. The zero-order valence-corrected chi connectivity index (χ0v) is 23.1. The predicted octanol–water partition coefficient (Wildman–Crippen LogP) is 3.46. The lowest BCUT2D eigenvalue weighted by atomic mass is 9.93. The van der Waals surface area contributed by atoms with Crippen LogP contribution in [0.1, 0.15) is 5.56 Å². The molecule has 0 atom stereocenters. The van der Waals surface area contributed by atoms with E-state index in [0.29, 0.717) is 0 Å². The first-order valence-corrected chi connectivity index (χ1v) is 13.4. The maximum atomic E-state index is 5.68. The van der Waals surface area contributed by atoms with Gasteiger partial charge in [0.15, 0.2) is 0 Å². The zero-order chi connectivity index (χ0) is 25.9. The van der Waals surface area contributed by atoms with Crippen molar-refractivity contribution < 1.29 is 4.74 Å². The van der Waals surface area contributed by atoms with Gasteiger partial charge in [0.1, 0.15) is 11.6 Å². The van der Waals surface area contributed by atoms with Crippen molar-refractivity contribution in [2.45, 2.75) is 0 Å². The lowest BCUT2D eigenvalue weighted by Gasteiger charge is -2.36. The Morgan fingerprint density at radius 1 is 0.946 bits per heavy atom. The van der Waals surface area contributed by atoms with E-state index in [1.807, 2.05) is 12.1 Å². The second-order valence-electron chi connectivity index (χ2n) is 10.9. The van der Waals surface area contributed by atoms with Crippen LogP contribution in [0.25, 0.3) is 17.2 Å². The molecule has 1 N–H and O–H groups in total. The highest BCUT2D eigenvalue weighted by atomic mass is 16.5. The summed E-state index contributed by atoms with van der Waals surface area (Å²) in [5.74, 6) is 2.05. The Morgan fingerprint density at radius 2 is 1.70 bits per heavy atom. The van der Waals surface area contributed by atoms with Crippen molar-refractivity contribution >= 4 is 11.9 Å². The first-order chi connectivity index (χ1) is 17.9. The molecular formula is C30H42N6O. The predicted molar refractivity (Wildman–Crippen MR) is 154 cm³/mol. The molecule has 1 aromatic carbocycles. The quantitative estimate of drug-likeness (QED) is 0.596. The molecule has 0 radical (unpaired) electrons. The number of benzene rings is 1. The summed E-state index contributed by atoms with van der Waals surface area (Å²) >= 11 is 0. The molecule has 7 nitrogen and oxygen atoms in total. The van der Waals surface area contributed by atoms with Gasteiger partial charge in [-0.15, -0.1) is 0 Å². The third-order valence-corrected chi connectivity index (χ3v) is 7.70. The van der Waals surface area contributed by atoms with Gasteiger partial charge in [-0.1, -0.05) is 24.3 Å². The van der Waals surface area contributed by atoms with E-state index >= 15 is 0 Å². The highest BCUT2D eigenvalue weighted by molar-refractivity contribution is 5.88. The van der Waals surface area contributed by atoms with Gasteiger partial charge in [-0.05, 0) is 43.0 Å². The molecule has 1 fully saturated rings. The number of nitrogens with one attached hydrogen (secondary N) is 1. The molecule has 3 aliphatic heterocycles. The standard InChI is InChI=1S/C30H42N6O/c1-32(2)10-11-35-12-14-36(15-13-35)20-23-16-24(21-33(3)19-23)25-17-27-28(18-31-30(27)34(4)22-25)26-8-6-7-9-29(26)37-5/h6-9,16-18,21,31H,10-15,19-20,22H2,1-5H3. The lowest BCUT2D eigenvalue weighted by Crippen LogP contribution is -2.48. The molecule has 4 heterocycles. The molecule has 1 saturated heterocycles. The van der Waals surface area contributed by atoms with Crippen LogP contribution in [-0.2, 0) is 0 Å². The van der Waals surface area contributed by atoms with E-state index in [-0.39, 0.29) is 0 Å². The topological polar surface area (TPSA) is 41.2 Å². The van der Waals surface area contributed by atoms with E-state index in [9.17, 15) is 0 Å². The number of rotatable bonds is 8. The molecule has 0 saturated carbocycles. The summed E-state index contributed by atoms with van der Waals surface area (Å²) in [6.45, 7) is 9.85. The molecule has 0 unspecified atom stereocenters. The van der Waals surface area contributed by atoms with E-state index in [1.165, 1.54) is 34.4 Å². The van der Waals surface area contributed by atoms with E-state index < -0.39 is 0 Å². The van der Waals surface area contributed by atoms with Gasteiger partial charge in [0.05, 0.1) is 7.11 Å². The molecule has 0 spiro atoms. The van der Waals surface area contributed by atoms with Gasteiger partial charge >= 0.3 is 0 Å². The van der Waals surface area contributed by atoms with Gasteiger partial charge in [0.25, 0.3) is 0 Å². The average molecular weight is 503 g/mol. The van der Waals surface area contributed by atoms with Gasteiger partial charge in [-0.3, -0.25) is 9.80 Å². The maximum absolute atomic E-state index is 5.68. The number of fused-ring (bicyclic) bond motifs is 1. The third kappa shape index (κ3) is 5.79. The molecule has 1 aromatic heterocycles. The Morgan fingerprint density at radius 3 is 2.46 bits per heavy atom. The minimum atomic E-state index is 0.882. The van der Waals surface area contributed by atoms with Gasteiger partial charge in [0, 0.05) is 102 Å². The fourth-order valence-electron chi connectivity index (χ4n) is 5.68. The number of aromatic amines is 1. The molecular weight excluding hydrogens is 460 g/mol. The number of piperazine rings is 1. The molecule has 7 heteroatoms. The molecule has 0 bridgehead atoms. The molecule has 0 amide bonds. The van der Waals surface area contributed by atoms with Crippen molar-refractivity contribution in [3.8, 4) is 16.9 Å². The van der Waals surface area contributed by atoms with Crippen LogP contribution in [-0.4, -0.2) is 119 Å². The van der Waals surface area contributed by atoms with E-state index in [0.717, 1.165) is 69.5 Å². The number of ether oxygens (including phenoxy) is 1. The van der Waals surface area contributed by atoms with Crippen LogP contribution in [0.5, 0.6) is 5.75 Å². The van der Waals surface area contributed by atoms with Crippen molar-refractivity contribution in [2.75, 3.05) is 99.1 Å². The zero-order valence-electron chi connectivity index (χ0n) is 23.1. The molecule has 198 valence electrons. The second-order valence-corrected chi connectivity index (χ2v) is 10.9. The van der Waals surface area contributed by atoms with Gasteiger partial charge in [-0.25, -0.2) is 0 Å². The Balaban J connectivity index is 1.34. The fourth-order valence-corrected chi connectivity index (χ4v) is 5.68. The van der Waals surface area contributed by atoms with Crippen LogP contribution in [0.15, 0.2) is 59.5 Å². The van der Waals surface area contributed by atoms with Gasteiger partial charge < -0.3 is 24.4 Å². The van der Waals surface area contributed by atoms with Crippen molar-refractivity contribution in [2.24, 2.45) is 0 Å². The molecule has 5 rings (SSSR count). The minimum Gasteiger partial charge on any atom is -0.496 e. The Labute approximate surface area is 222 Å². The van der Waals surface area contributed by atoms with Crippen molar-refractivity contribution in [3.63, 3.8) is 0 Å². The molecule has 2 aromatic rings. The van der Waals surface area contributed by atoms with Crippen LogP contribution in [0.3, 0.4) is 0 Å². The highest BCUT2D eigenvalue weighted by Crippen LogP contribution is 2.40. The van der Waals surface area contributed by atoms with E-state index in [4.69, 9.17) is 4.74 Å². The van der Waals surface area contributed by atoms with Crippen molar-refractivity contribution in [1.29, 1.82) is 0 Å². The number of hydrogen-bond donors (Lipinski definition) is 1. The summed E-state index contributed by atoms with van der Waals surface area (Å²) in [6.07, 6.45) is 9.23. The Hall–Kier alpha value is -3.00. The van der Waals surface area contributed by atoms with Gasteiger partial charge in [-0.2, -0.15) is 0 Å². The highest BCUT2D eigenvalue weighted by Gasteiger charge is 2.25. The first-order valence-electron chi connectivity index (χ1n) is 13.4. The summed E-state index contributed by atoms with van der Waals surface area (Å²) in [5, 5.41) is 0. The normalized spacial score (nSPS) is 19.0. The van der Waals surface area contributed by atoms with Crippen molar-refractivity contribution in [3.05, 3.63) is 65.0 Å².